The lowest BCUT2D eigenvalue weighted by atomic mass is 9.96. The summed E-state index contributed by atoms with van der Waals surface area (Å²) in [5.41, 5.74) is 2.77. The van der Waals surface area contributed by atoms with Gasteiger partial charge in [0.1, 0.15) is 0 Å². The molecule has 29 heavy (non-hydrogen) atoms. The number of aryl methyl sites for hydroxylation is 1. The first kappa shape index (κ1) is 24.1. The van der Waals surface area contributed by atoms with Gasteiger partial charge in [-0.25, -0.2) is 0 Å². The maximum atomic E-state index is 4.92. The molecule has 6 nitrogen and oxygen atoms in total. The highest BCUT2D eigenvalue weighted by Gasteiger charge is 2.44. The van der Waals surface area contributed by atoms with Gasteiger partial charge < -0.3 is 15.5 Å². The van der Waals surface area contributed by atoms with E-state index in [1.165, 1.54) is 24.0 Å². The van der Waals surface area contributed by atoms with E-state index >= 15 is 0 Å². The molecule has 1 heterocycles. The van der Waals surface area contributed by atoms with Crippen LogP contribution in [0.4, 0.5) is 0 Å². The zero-order valence-corrected chi connectivity index (χ0v) is 21.6. The Morgan fingerprint density at radius 3 is 2.66 bits per heavy atom. The Bertz CT molecular complexity index is 815. The quantitative estimate of drug-likeness (QED) is 0.287. The van der Waals surface area contributed by atoms with Gasteiger partial charge in [-0.15, -0.1) is 24.0 Å². The van der Waals surface area contributed by atoms with E-state index in [9.17, 15) is 0 Å². The Balaban J connectivity index is 0.00000300. The average molecular weight is 575 g/mol. The van der Waals surface area contributed by atoms with Crippen LogP contribution >= 0.6 is 39.9 Å². The number of rotatable bonds is 8. The third kappa shape index (κ3) is 6.42. The molecule has 160 valence electrons. The zero-order chi connectivity index (χ0) is 20.1. The lowest BCUT2D eigenvalue weighted by Gasteiger charge is -2.25. The zero-order valence-electron chi connectivity index (χ0n) is 17.7. The lowest BCUT2D eigenvalue weighted by Crippen LogP contribution is -2.42. The molecule has 1 aliphatic carbocycles. The first-order valence-corrected chi connectivity index (χ1v) is 10.7. The van der Waals surface area contributed by atoms with Crippen LogP contribution in [0.1, 0.15) is 36.9 Å². The van der Waals surface area contributed by atoms with E-state index in [0.717, 1.165) is 30.1 Å². The summed E-state index contributed by atoms with van der Waals surface area (Å²) in [6.45, 7) is 4.52. The van der Waals surface area contributed by atoms with Crippen molar-refractivity contribution in [2.24, 2.45) is 12.0 Å². The van der Waals surface area contributed by atoms with Gasteiger partial charge in [0.05, 0.1) is 18.8 Å². The number of likely N-dealkylation sites (N-methyl/N-ethyl adjacent to an activating group) is 1. The molecule has 1 aromatic heterocycles. The first-order valence-electron chi connectivity index (χ1n) is 9.87. The van der Waals surface area contributed by atoms with Gasteiger partial charge in [0, 0.05) is 41.8 Å². The number of aliphatic imine (C=N–C) groups is 1. The SMILES string of the molecule is CCNC(=NCC1(c2cccc(Br)c2)CC1)NCC(c1cnn(C)c1)N(C)C.I. The van der Waals surface area contributed by atoms with Gasteiger partial charge >= 0.3 is 0 Å². The van der Waals surface area contributed by atoms with Crippen molar-refractivity contribution in [1.82, 2.24) is 25.3 Å². The van der Waals surface area contributed by atoms with E-state index in [-0.39, 0.29) is 35.4 Å². The molecule has 2 aromatic rings. The highest BCUT2D eigenvalue weighted by molar-refractivity contribution is 14.0. The maximum absolute atomic E-state index is 4.92. The van der Waals surface area contributed by atoms with Crippen LogP contribution in [-0.4, -0.2) is 54.4 Å². The van der Waals surface area contributed by atoms with Crippen molar-refractivity contribution in [2.75, 3.05) is 33.7 Å². The summed E-state index contributed by atoms with van der Waals surface area (Å²) in [7, 11) is 6.14. The Labute approximate surface area is 199 Å². The fraction of sp³-hybridized carbons (Fsp3) is 0.524. The van der Waals surface area contributed by atoms with E-state index in [4.69, 9.17) is 4.99 Å². The third-order valence-corrected chi connectivity index (χ3v) is 5.86. The molecule has 8 heteroatoms. The minimum absolute atomic E-state index is 0. The van der Waals surface area contributed by atoms with Gasteiger partial charge in [0.2, 0.25) is 0 Å². The smallest absolute Gasteiger partial charge is 0.191 e. The van der Waals surface area contributed by atoms with Gasteiger partial charge in [-0.05, 0) is 51.6 Å². The Morgan fingerprint density at radius 1 is 1.34 bits per heavy atom. The second-order valence-corrected chi connectivity index (χ2v) is 8.71. The lowest BCUT2D eigenvalue weighted by molar-refractivity contribution is 0.298. The van der Waals surface area contributed by atoms with Crippen molar-refractivity contribution < 1.29 is 0 Å². The number of nitrogens with one attached hydrogen (secondary N) is 2. The Kier molecular flexibility index (Phi) is 8.96. The average Bonchev–Trinajstić information content (AvgIpc) is 3.34. The number of halogens is 2. The standard InChI is InChI=1S/C21H31BrN6.HI/c1-5-23-20(24-13-19(27(2)3)16-12-26-28(4)14-16)25-15-21(9-10-21)17-7-6-8-18(22)11-17;/h6-8,11-12,14,19H,5,9-10,13,15H2,1-4H3,(H2,23,24,25);1H. The number of guanidine groups is 1. The molecular weight excluding hydrogens is 543 g/mol. The molecule has 0 aliphatic heterocycles. The van der Waals surface area contributed by atoms with Crippen LogP contribution in [0, 0.1) is 0 Å². The van der Waals surface area contributed by atoms with E-state index in [1.807, 2.05) is 17.9 Å². The highest BCUT2D eigenvalue weighted by atomic mass is 127. The van der Waals surface area contributed by atoms with Crippen molar-refractivity contribution in [1.29, 1.82) is 0 Å². The topological polar surface area (TPSA) is 57.5 Å². The van der Waals surface area contributed by atoms with Crippen LogP contribution in [0.15, 0.2) is 46.1 Å². The molecule has 0 bridgehead atoms. The molecule has 1 aliphatic rings. The first-order chi connectivity index (χ1) is 13.4. The van der Waals surface area contributed by atoms with E-state index in [1.54, 1.807) is 0 Å². The summed E-state index contributed by atoms with van der Waals surface area (Å²) < 4.78 is 2.98. The molecule has 0 saturated heterocycles. The predicted molar refractivity (Wildman–Crippen MR) is 134 cm³/mol. The summed E-state index contributed by atoms with van der Waals surface area (Å²) in [5.74, 6) is 0.875. The molecule has 1 saturated carbocycles. The fourth-order valence-corrected chi connectivity index (χ4v) is 3.88. The summed E-state index contributed by atoms with van der Waals surface area (Å²) in [6.07, 6.45) is 6.40. The van der Waals surface area contributed by atoms with E-state index in [2.05, 4.69) is 88.0 Å². The van der Waals surface area contributed by atoms with E-state index < -0.39 is 0 Å². The van der Waals surface area contributed by atoms with Crippen LogP contribution in [0.2, 0.25) is 0 Å². The number of hydrogen-bond donors (Lipinski definition) is 2. The molecule has 0 spiro atoms. The second-order valence-electron chi connectivity index (χ2n) is 7.79. The highest BCUT2D eigenvalue weighted by Crippen LogP contribution is 2.48. The Hall–Kier alpha value is -1.13. The number of benzene rings is 1. The molecule has 0 amide bonds. The van der Waals surface area contributed by atoms with Crippen molar-refractivity contribution in [3.63, 3.8) is 0 Å². The summed E-state index contributed by atoms with van der Waals surface area (Å²) in [6, 6.07) is 8.87. The van der Waals surface area contributed by atoms with Crippen molar-refractivity contribution in [3.8, 4) is 0 Å². The number of nitrogens with zero attached hydrogens (tertiary/aromatic N) is 4. The van der Waals surface area contributed by atoms with Gasteiger partial charge in [0.15, 0.2) is 5.96 Å². The van der Waals surface area contributed by atoms with Gasteiger partial charge in [0.25, 0.3) is 0 Å². The third-order valence-electron chi connectivity index (χ3n) is 5.37. The van der Waals surface area contributed by atoms with Crippen molar-refractivity contribution in [2.45, 2.75) is 31.2 Å². The van der Waals surface area contributed by atoms with Crippen LogP contribution in [0.5, 0.6) is 0 Å². The number of aromatic nitrogens is 2. The van der Waals surface area contributed by atoms with Crippen LogP contribution in [0.3, 0.4) is 0 Å². The van der Waals surface area contributed by atoms with E-state index in [0.29, 0.717) is 0 Å². The molecule has 2 N–H and O–H groups in total. The minimum atomic E-state index is 0. The molecular formula is C21H32BrIN6. The van der Waals surface area contributed by atoms with Crippen molar-refractivity contribution >= 4 is 45.9 Å². The molecule has 0 radical (unpaired) electrons. The molecule has 3 rings (SSSR count). The van der Waals surface area contributed by atoms with Crippen LogP contribution in [-0.2, 0) is 12.5 Å². The normalized spacial score (nSPS) is 16.3. The maximum Gasteiger partial charge on any atom is 0.191 e. The minimum Gasteiger partial charge on any atom is -0.357 e. The summed E-state index contributed by atoms with van der Waals surface area (Å²) in [5, 5.41) is 11.2. The van der Waals surface area contributed by atoms with Gasteiger partial charge in [-0.1, -0.05) is 28.1 Å². The molecule has 1 aromatic carbocycles. The van der Waals surface area contributed by atoms with Gasteiger partial charge in [-0.2, -0.15) is 5.10 Å². The molecule has 1 unspecified atom stereocenters. The molecule has 1 fully saturated rings. The second kappa shape index (κ2) is 10.8. The van der Waals surface area contributed by atoms with Crippen LogP contribution < -0.4 is 10.6 Å². The van der Waals surface area contributed by atoms with Crippen LogP contribution in [0.25, 0.3) is 0 Å². The monoisotopic (exact) mass is 574 g/mol. The summed E-state index contributed by atoms with van der Waals surface area (Å²) >= 11 is 3.59. The predicted octanol–water partition coefficient (Wildman–Crippen LogP) is 3.69. The largest absolute Gasteiger partial charge is 0.357 e. The summed E-state index contributed by atoms with van der Waals surface area (Å²) in [4.78, 5) is 7.13. The van der Waals surface area contributed by atoms with Gasteiger partial charge in [-0.3, -0.25) is 9.67 Å². The fourth-order valence-electron chi connectivity index (χ4n) is 3.48. The Morgan fingerprint density at radius 2 is 2.10 bits per heavy atom. The van der Waals surface area contributed by atoms with Crippen molar-refractivity contribution in [3.05, 3.63) is 52.3 Å². The molecule has 1 atom stereocenters. The number of hydrogen-bond acceptors (Lipinski definition) is 3.